The van der Waals surface area contributed by atoms with E-state index in [1.165, 1.54) is 6.08 Å². The molecule has 3 aromatic carbocycles. The van der Waals surface area contributed by atoms with Gasteiger partial charge in [-0.2, -0.15) is 5.26 Å². The van der Waals surface area contributed by atoms with Gasteiger partial charge in [-0.25, -0.2) is 0 Å². The molecule has 3 aromatic rings. The molecule has 5 nitrogen and oxygen atoms in total. The first-order valence-electron chi connectivity index (χ1n) is 10.2. The molecule has 32 heavy (non-hydrogen) atoms. The van der Waals surface area contributed by atoms with Crippen molar-refractivity contribution in [1.82, 2.24) is 5.32 Å². The molecule has 1 amide bonds. The summed E-state index contributed by atoms with van der Waals surface area (Å²) in [5, 5.41) is 12.3. The zero-order valence-corrected chi connectivity index (χ0v) is 19.3. The number of ether oxygens (including phenoxy) is 2. The van der Waals surface area contributed by atoms with E-state index in [1.54, 1.807) is 12.1 Å². The van der Waals surface area contributed by atoms with Crippen LogP contribution in [0.4, 0.5) is 0 Å². The number of rotatable bonds is 9. The first-order chi connectivity index (χ1) is 15.6. The number of nitriles is 1. The molecule has 0 radical (unpaired) electrons. The van der Waals surface area contributed by atoms with E-state index in [9.17, 15) is 10.1 Å². The van der Waals surface area contributed by atoms with Crippen molar-refractivity contribution >= 4 is 27.9 Å². The molecule has 3 rings (SSSR count). The molecule has 0 heterocycles. The normalized spacial score (nSPS) is 10.8. The van der Waals surface area contributed by atoms with Crippen molar-refractivity contribution in [2.45, 2.75) is 20.1 Å². The maximum Gasteiger partial charge on any atom is 0.262 e. The van der Waals surface area contributed by atoms with E-state index in [1.807, 2.05) is 73.7 Å². The van der Waals surface area contributed by atoms with Crippen molar-refractivity contribution < 1.29 is 14.3 Å². The molecule has 0 fully saturated rings. The van der Waals surface area contributed by atoms with Gasteiger partial charge in [0.25, 0.3) is 5.91 Å². The summed E-state index contributed by atoms with van der Waals surface area (Å²) < 4.78 is 12.4. The number of hydrogen-bond acceptors (Lipinski definition) is 4. The van der Waals surface area contributed by atoms with Crippen LogP contribution in [0.25, 0.3) is 6.08 Å². The van der Waals surface area contributed by atoms with Gasteiger partial charge >= 0.3 is 0 Å². The Morgan fingerprint density at radius 2 is 1.69 bits per heavy atom. The maximum absolute atomic E-state index is 12.5. The lowest BCUT2D eigenvalue weighted by atomic mass is 10.1. The van der Waals surface area contributed by atoms with Crippen molar-refractivity contribution in [2.75, 3.05) is 6.61 Å². The maximum atomic E-state index is 12.5. The van der Waals surface area contributed by atoms with Gasteiger partial charge in [0.05, 0.1) is 11.1 Å². The molecule has 0 saturated carbocycles. The van der Waals surface area contributed by atoms with Crippen LogP contribution in [0, 0.1) is 11.3 Å². The van der Waals surface area contributed by atoms with E-state index in [-0.39, 0.29) is 5.57 Å². The second kappa shape index (κ2) is 11.7. The summed E-state index contributed by atoms with van der Waals surface area (Å²) in [7, 11) is 0. The van der Waals surface area contributed by atoms with Crippen molar-refractivity contribution in [2.24, 2.45) is 0 Å². The van der Waals surface area contributed by atoms with Crippen LogP contribution >= 0.6 is 15.9 Å². The molecule has 0 spiro atoms. The summed E-state index contributed by atoms with van der Waals surface area (Å²) in [6.45, 7) is 3.07. The van der Waals surface area contributed by atoms with E-state index in [0.717, 1.165) is 11.1 Å². The molecule has 0 unspecified atom stereocenters. The lowest BCUT2D eigenvalue weighted by Gasteiger charge is -2.15. The van der Waals surface area contributed by atoms with Crippen molar-refractivity contribution in [3.8, 4) is 17.6 Å². The SMILES string of the molecule is CCOc1cc(/C=C(\C#N)C(=O)NCc2ccccc2)cc(Br)c1OCc1ccccc1. The molecule has 162 valence electrons. The zero-order chi connectivity index (χ0) is 22.8. The average molecular weight is 491 g/mol. The van der Waals surface area contributed by atoms with E-state index < -0.39 is 5.91 Å². The lowest BCUT2D eigenvalue weighted by Crippen LogP contribution is -2.23. The number of hydrogen-bond donors (Lipinski definition) is 1. The Balaban J connectivity index is 1.78. The van der Waals surface area contributed by atoms with Crippen molar-refractivity contribution in [1.29, 1.82) is 5.26 Å². The molecule has 0 atom stereocenters. The predicted octanol–water partition coefficient (Wildman–Crippen LogP) is 5.65. The van der Waals surface area contributed by atoms with Gasteiger partial charge in [-0.05, 0) is 57.8 Å². The Hall–Kier alpha value is -3.56. The minimum absolute atomic E-state index is 0.00762. The quantitative estimate of drug-likeness (QED) is 0.310. The zero-order valence-electron chi connectivity index (χ0n) is 17.7. The summed E-state index contributed by atoms with van der Waals surface area (Å²) in [6.07, 6.45) is 1.54. The standard InChI is InChI=1S/C26H23BrN2O3/c1-2-31-24-15-21(14-23(27)25(24)32-18-20-11-7-4-8-12-20)13-22(16-28)26(30)29-17-19-9-5-3-6-10-19/h3-15H,2,17-18H2,1H3,(H,29,30)/b22-13+. The van der Waals surface area contributed by atoms with Crippen LogP contribution in [-0.2, 0) is 17.9 Å². The van der Waals surface area contributed by atoms with Crippen LogP contribution < -0.4 is 14.8 Å². The molecule has 0 aromatic heterocycles. The molecule has 0 aliphatic carbocycles. The third-order valence-corrected chi connectivity index (χ3v) is 5.12. The van der Waals surface area contributed by atoms with E-state index in [0.29, 0.717) is 41.3 Å². The highest BCUT2D eigenvalue weighted by Gasteiger charge is 2.14. The summed E-state index contributed by atoms with van der Waals surface area (Å²) >= 11 is 3.53. The Morgan fingerprint density at radius 1 is 1.03 bits per heavy atom. The lowest BCUT2D eigenvalue weighted by molar-refractivity contribution is -0.117. The highest BCUT2D eigenvalue weighted by atomic mass is 79.9. The predicted molar refractivity (Wildman–Crippen MR) is 128 cm³/mol. The highest BCUT2D eigenvalue weighted by Crippen LogP contribution is 2.38. The van der Waals surface area contributed by atoms with Crippen LogP contribution in [0.1, 0.15) is 23.6 Å². The largest absolute Gasteiger partial charge is 0.490 e. The fraction of sp³-hybridized carbons (Fsp3) is 0.154. The van der Waals surface area contributed by atoms with E-state index in [2.05, 4.69) is 21.2 Å². The van der Waals surface area contributed by atoms with Gasteiger partial charge in [-0.1, -0.05) is 60.7 Å². The van der Waals surface area contributed by atoms with Gasteiger partial charge in [-0.15, -0.1) is 0 Å². The monoisotopic (exact) mass is 490 g/mol. The summed E-state index contributed by atoms with van der Waals surface area (Å²) in [5.41, 5.74) is 2.65. The van der Waals surface area contributed by atoms with Gasteiger partial charge < -0.3 is 14.8 Å². The smallest absolute Gasteiger partial charge is 0.262 e. The van der Waals surface area contributed by atoms with Gasteiger partial charge in [0.2, 0.25) is 0 Å². The fourth-order valence-electron chi connectivity index (χ4n) is 2.99. The molecular weight excluding hydrogens is 468 g/mol. The first kappa shape index (κ1) is 23.1. The van der Waals surface area contributed by atoms with Crippen molar-refractivity contribution in [3.63, 3.8) is 0 Å². The summed E-state index contributed by atoms with van der Waals surface area (Å²) in [5.74, 6) is 0.667. The van der Waals surface area contributed by atoms with Crippen molar-refractivity contribution in [3.05, 3.63) is 99.5 Å². The third kappa shape index (κ3) is 6.47. The number of halogens is 1. The Labute approximate surface area is 196 Å². The Kier molecular flexibility index (Phi) is 8.47. The minimum Gasteiger partial charge on any atom is -0.490 e. The van der Waals surface area contributed by atoms with E-state index >= 15 is 0 Å². The molecule has 0 saturated heterocycles. The molecule has 0 bridgehead atoms. The van der Waals surface area contributed by atoms with Gasteiger partial charge in [-0.3, -0.25) is 4.79 Å². The minimum atomic E-state index is -0.435. The number of nitrogens with zero attached hydrogens (tertiary/aromatic N) is 1. The number of benzene rings is 3. The van der Waals surface area contributed by atoms with Gasteiger partial charge in [0.15, 0.2) is 11.5 Å². The van der Waals surface area contributed by atoms with Crippen LogP contribution in [0.5, 0.6) is 11.5 Å². The topological polar surface area (TPSA) is 71.3 Å². The van der Waals surface area contributed by atoms with Gasteiger partial charge in [0, 0.05) is 6.54 Å². The second-order valence-electron chi connectivity index (χ2n) is 6.88. The fourth-order valence-corrected chi connectivity index (χ4v) is 3.57. The van der Waals surface area contributed by atoms with Crippen LogP contribution in [-0.4, -0.2) is 12.5 Å². The summed E-state index contributed by atoms with van der Waals surface area (Å²) in [4.78, 5) is 12.5. The third-order valence-electron chi connectivity index (χ3n) is 4.53. The Bertz CT molecular complexity index is 1120. The van der Waals surface area contributed by atoms with Crippen LogP contribution in [0.3, 0.4) is 0 Å². The molecule has 0 aliphatic rings. The first-order valence-corrected chi connectivity index (χ1v) is 11.0. The second-order valence-corrected chi connectivity index (χ2v) is 7.73. The number of nitrogens with one attached hydrogen (secondary N) is 1. The molecule has 1 N–H and O–H groups in total. The molecular formula is C26H23BrN2O3. The Morgan fingerprint density at radius 3 is 2.31 bits per heavy atom. The van der Waals surface area contributed by atoms with Crippen LogP contribution in [0.15, 0.2) is 82.8 Å². The number of carbonyl (C=O) groups is 1. The van der Waals surface area contributed by atoms with E-state index in [4.69, 9.17) is 9.47 Å². The van der Waals surface area contributed by atoms with Gasteiger partial charge in [0.1, 0.15) is 18.2 Å². The summed E-state index contributed by atoms with van der Waals surface area (Å²) in [6, 6.07) is 24.9. The molecule has 6 heteroatoms. The highest BCUT2D eigenvalue weighted by molar-refractivity contribution is 9.10. The van der Waals surface area contributed by atoms with Crippen LogP contribution in [0.2, 0.25) is 0 Å². The average Bonchev–Trinajstić information content (AvgIpc) is 2.82. The molecule has 0 aliphatic heterocycles. The number of amides is 1. The number of carbonyl (C=O) groups excluding carboxylic acids is 1.